The Bertz CT molecular complexity index is 676. The van der Waals surface area contributed by atoms with E-state index < -0.39 is 16.1 Å². The van der Waals surface area contributed by atoms with Crippen molar-refractivity contribution in [3.8, 4) is 0 Å². The molecule has 0 aliphatic rings. The zero-order chi connectivity index (χ0) is 14.8. The molecule has 6 nitrogen and oxygen atoms in total. The Kier molecular flexibility index (Phi) is 4.59. The topological polar surface area (TPSA) is 84.2 Å². The number of nitrogens with zero attached hydrogens (tertiary/aromatic N) is 1. The fourth-order valence-electron chi connectivity index (χ4n) is 1.78. The molecule has 2 aromatic rings. The minimum Gasteiger partial charge on any atom is -0.444 e. The number of nitrogens with one attached hydrogen (secondary N) is 2. The second-order valence-electron chi connectivity index (χ2n) is 4.39. The molecule has 1 unspecified atom stereocenters. The van der Waals surface area contributed by atoms with Gasteiger partial charge in [0, 0.05) is 11.4 Å². The fraction of sp³-hybridized carbons (Fsp3) is 0.417. The van der Waals surface area contributed by atoms with Gasteiger partial charge in [0.1, 0.15) is 5.76 Å². The number of sulfonamides is 1. The van der Waals surface area contributed by atoms with Crippen molar-refractivity contribution in [2.24, 2.45) is 0 Å². The summed E-state index contributed by atoms with van der Waals surface area (Å²) in [6.45, 7) is 3.98. The van der Waals surface area contributed by atoms with Gasteiger partial charge in [-0.1, -0.05) is 0 Å². The average Bonchev–Trinajstić information content (AvgIpc) is 2.98. The third-order valence-corrected chi connectivity index (χ3v) is 5.35. The van der Waals surface area contributed by atoms with Gasteiger partial charge in [-0.2, -0.15) is 4.72 Å². The quantitative estimate of drug-likeness (QED) is 0.849. The number of hydrogen-bond acceptors (Lipinski definition) is 6. The molecule has 20 heavy (non-hydrogen) atoms. The van der Waals surface area contributed by atoms with Crippen molar-refractivity contribution in [3.05, 3.63) is 34.2 Å². The summed E-state index contributed by atoms with van der Waals surface area (Å²) < 4.78 is 32.7. The maximum Gasteiger partial charge on any atom is 0.242 e. The van der Waals surface area contributed by atoms with Crippen molar-refractivity contribution in [1.29, 1.82) is 0 Å². The normalized spacial score (nSPS) is 13.6. The molecule has 0 spiro atoms. The lowest BCUT2D eigenvalue weighted by atomic mass is 10.4. The van der Waals surface area contributed by atoms with Crippen LogP contribution >= 0.6 is 11.3 Å². The highest BCUT2D eigenvalue weighted by Crippen LogP contribution is 2.23. The first-order valence-corrected chi connectivity index (χ1v) is 8.46. The summed E-state index contributed by atoms with van der Waals surface area (Å²) in [5.74, 6) is 1.01. The molecule has 0 saturated heterocycles. The Balaban J connectivity index is 2.20. The fourth-order valence-corrected chi connectivity index (χ4v) is 4.43. The second-order valence-corrected chi connectivity index (χ2v) is 7.07. The van der Waals surface area contributed by atoms with E-state index in [1.54, 1.807) is 38.5 Å². The molecule has 0 bridgehead atoms. The van der Waals surface area contributed by atoms with E-state index in [9.17, 15) is 8.42 Å². The molecule has 0 aromatic carbocycles. The highest BCUT2D eigenvalue weighted by Gasteiger charge is 2.24. The molecule has 1 atom stereocenters. The van der Waals surface area contributed by atoms with Crippen LogP contribution in [0, 0.1) is 6.92 Å². The van der Waals surface area contributed by atoms with Gasteiger partial charge >= 0.3 is 0 Å². The van der Waals surface area contributed by atoms with E-state index in [1.807, 2.05) is 0 Å². The summed E-state index contributed by atoms with van der Waals surface area (Å²) >= 11 is 1.41. The van der Waals surface area contributed by atoms with Crippen molar-refractivity contribution in [2.75, 3.05) is 7.05 Å². The average molecular weight is 315 g/mol. The Labute approximate surface area is 122 Å². The van der Waals surface area contributed by atoms with E-state index in [2.05, 4.69) is 15.0 Å². The zero-order valence-electron chi connectivity index (χ0n) is 11.5. The molecule has 8 heteroatoms. The van der Waals surface area contributed by atoms with Crippen molar-refractivity contribution < 1.29 is 12.8 Å². The largest absolute Gasteiger partial charge is 0.444 e. The second kappa shape index (κ2) is 6.04. The van der Waals surface area contributed by atoms with Gasteiger partial charge in [-0.15, -0.1) is 11.3 Å². The van der Waals surface area contributed by atoms with E-state index in [0.717, 1.165) is 4.88 Å². The molecular formula is C12H17N3O3S2. The standard InChI is InChI=1S/C12H17N3O3S2/c1-8-6-14-12(18-8)9(2)15-20(16,17)11-4-5-19-10(11)7-13-3/h4-6,9,13,15H,7H2,1-3H3. The molecule has 0 fully saturated rings. The van der Waals surface area contributed by atoms with Gasteiger partial charge in [-0.3, -0.25) is 0 Å². The molecule has 2 aromatic heterocycles. The van der Waals surface area contributed by atoms with Crippen LogP contribution in [-0.4, -0.2) is 20.4 Å². The number of thiophene rings is 1. The van der Waals surface area contributed by atoms with Crippen molar-refractivity contribution in [1.82, 2.24) is 15.0 Å². The van der Waals surface area contributed by atoms with Crippen LogP contribution in [-0.2, 0) is 16.6 Å². The number of hydrogen-bond donors (Lipinski definition) is 2. The third-order valence-electron chi connectivity index (χ3n) is 2.67. The Morgan fingerprint density at radius 2 is 2.25 bits per heavy atom. The summed E-state index contributed by atoms with van der Waals surface area (Å²) in [4.78, 5) is 5.11. The molecule has 110 valence electrons. The smallest absolute Gasteiger partial charge is 0.242 e. The van der Waals surface area contributed by atoms with Crippen LogP contribution in [0.5, 0.6) is 0 Å². The molecule has 2 heterocycles. The maximum atomic E-state index is 12.4. The first-order chi connectivity index (χ1) is 9.44. The predicted octanol–water partition coefficient (Wildman–Crippen LogP) is 1.80. The van der Waals surface area contributed by atoms with Crippen LogP contribution < -0.4 is 10.0 Å². The first kappa shape index (κ1) is 15.2. The Morgan fingerprint density at radius 1 is 1.50 bits per heavy atom. The first-order valence-electron chi connectivity index (χ1n) is 6.09. The van der Waals surface area contributed by atoms with Gasteiger partial charge in [0.25, 0.3) is 0 Å². The maximum absolute atomic E-state index is 12.4. The predicted molar refractivity (Wildman–Crippen MR) is 77.1 cm³/mol. The molecule has 0 amide bonds. The Morgan fingerprint density at radius 3 is 2.85 bits per heavy atom. The summed E-state index contributed by atoms with van der Waals surface area (Å²) in [6.07, 6.45) is 1.57. The van der Waals surface area contributed by atoms with Crippen molar-refractivity contribution in [3.63, 3.8) is 0 Å². The summed E-state index contributed by atoms with van der Waals surface area (Å²) in [7, 11) is -1.81. The number of aromatic nitrogens is 1. The van der Waals surface area contributed by atoms with E-state index in [0.29, 0.717) is 23.1 Å². The van der Waals surface area contributed by atoms with E-state index in [-0.39, 0.29) is 0 Å². The molecule has 2 N–H and O–H groups in total. The SMILES string of the molecule is CNCc1sccc1S(=O)(=O)NC(C)c1ncc(C)o1. The minimum atomic E-state index is -3.59. The summed E-state index contributed by atoms with van der Waals surface area (Å²) in [5, 5.41) is 4.72. The minimum absolute atomic E-state index is 0.298. The molecule has 0 radical (unpaired) electrons. The summed E-state index contributed by atoms with van der Waals surface area (Å²) in [6, 6.07) is 1.09. The van der Waals surface area contributed by atoms with Gasteiger partial charge < -0.3 is 9.73 Å². The highest BCUT2D eigenvalue weighted by molar-refractivity contribution is 7.89. The van der Waals surface area contributed by atoms with Gasteiger partial charge in [0.15, 0.2) is 0 Å². The van der Waals surface area contributed by atoms with Crippen LogP contribution in [0.3, 0.4) is 0 Å². The van der Waals surface area contributed by atoms with Gasteiger partial charge in [0.05, 0.1) is 17.1 Å². The van der Waals surface area contributed by atoms with Crippen molar-refractivity contribution in [2.45, 2.75) is 31.3 Å². The lowest BCUT2D eigenvalue weighted by Crippen LogP contribution is -2.27. The van der Waals surface area contributed by atoms with E-state index >= 15 is 0 Å². The van der Waals surface area contributed by atoms with Crippen LogP contribution in [0.4, 0.5) is 0 Å². The summed E-state index contributed by atoms with van der Waals surface area (Å²) in [5.41, 5.74) is 0. The van der Waals surface area contributed by atoms with E-state index in [1.165, 1.54) is 11.3 Å². The van der Waals surface area contributed by atoms with Crippen LogP contribution in [0.15, 0.2) is 27.0 Å². The lowest BCUT2D eigenvalue weighted by Gasteiger charge is -2.11. The van der Waals surface area contributed by atoms with Gasteiger partial charge in [-0.25, -0.2) is 13.4 Å². The molecule has 0 aliphatic carbocycles. The van der Waals surface area contributed by atoms with Gasteiger partial charge in [-0.05, 0) is 32.3 Å². The number of oxazole rings is 1. The number of aryl methyl sites for hydroxylation is 1. The van der Waals surface area contributed by atoms with Crippen LogP contribution in [0.25, 0.3) is 0 Å². The van der Waals surface area contributed by atoms with E-state index in [4.69, 9.17) is 4.42 Å². The molecule has 2 rings (SSSR count). The van der Waals surface area contributed by atoms with Crippen LogP contribution in [0.1, 0.15) is 29.5 Å². The van der Waals surface area contributed by atoms with Crippen molar-refractivity contribution >= 4 is 21.4 Å². The lowest BCUT2D eigenvalue weighted by molar-refractivity contribution is 0.427. The number of rotatable bonds is 6. The van der Waals surface area contributed by atoms with Crippen LogP contribution in [0.2, 0.25) is 0 Å². The van der Waals surface area contributed by atoms with Gasteiger partial charge in [0.2, 0.25) is 15.9 Å². The zero-order valence-corrected chi connectivity index (χ0v) is 13.1. The Hall–Kier alpha value is -1.22. The highest BCUT2D eigenvalue weighted by atomic mass is 32.2. The molecule has 0 saturated carbocycles. The molecule has 0 aliphatic heterocycles. The monoisotopic (exact) mass is 315 g/mol. The molecular weight excluding hydrogens is 298 g/mol. The third kappa shape index (κ3) is 3.26.